The maximum Gasteiger partial charge on any atom is 0.228 e. The minimum Gasteiger partial charge on any atom is -0.349 e. The normalized spacial score (nSPS) is 12.5. The van der Waals surface area contributed by atoms with Gasteiger partial charge in [0, 0.05) is 13.2 Å². The Morgan fingerprint density at radius 2 is 1.86 bits per heavy atom. The molecule has 0 unspecified atom stereocenters. The molecule has 2 N–H and O–H groups in total. The van der Waals surface area contributed by atoms with Crippen LogP contribution >= 0.6 is 11.3 Å². The molecule has 146 valence electrons. The number of sulfone groups is 1. The van der Waals surface area contributed by atoms with Crippen LogP contribution in [0, 0.1) is 0 Å². The Kier molecular flexibility index (Phi) is 5.76. The summed E-state index contributed by atoms with van der Waals surface area (Å²) in [5.74, 6) is -0.528. The lowest BCUT2D eigenvalue weighted by molar-refractivity contribution is -0.120. The third kappa shape index (κ3) is 4.93. The third-order valence-corrected chi connectivity index (χ3v) is 6.05. The number of fused-ring (bicyclic) bond motifs is 1. The number of hydrogen-bond donors (Lipinski definition) is 2. The van der Waals surface area contributed by atoms with Crippen molar-refractivity contribution < 1.29 is 18.0 Å². The summed E-state index contributed by atoms with van der Waals surface area (Å²) in [6.07, 6.45) is 1.19. The zero-order valence-corrected chi connectivity index (χ0v) is 16.9. The Balaban J connectivity index is 1.76. The van der Waals surface area contributed by atoms with Crippen LogP contribution in [0.15, 0.2) is 53.4 Å². The number of hydrogen-bond acceptors (Lipinski definition) is 6. The van der Waals surface area contributed by atoms with E-state index in [9.17, 15) is 18.0 Å². The first-order chi connectivity index (χ1) is 13.2. The molecule has 28 heavy (non-hydrogen) atoms. The monoisotopic (exact) mass is 417 g/mol. The molecule has 0 saturated carbocycles. The number of thiazole rings is 1. The summed E-state index contributed by atoms with van der Waals surface area (Å²) in [7, 11) is -3.31. The number of nitrogens with one attached hydrogen (secondary N) is 2. The third-order valence-electron chi connectivity index (χ3n) is 4.00. The smallest absolute Gasteiger partial charge is 0.228 e. The van der Waals surface area contributed by atoms with Crippen LogP contribution in [-0.4, -0.2) is 31.5 Å². The Bertz CT molecular complexity index is 1120. The first kappa shape index (κ1) is 20.0. The molecule has 0 aliphatic rings. The average molecular weight is 418 g/mol. The summed E-state index contributed by atoms with van der Waals surface area (Å²) in [5.41, 5.74) is 1.43. The van der Waals surface area contributed by atoms with Gasteiger partial charge in [0.25, 0.3) is 0 Å². The van der Waals surface area contributed by atoms with E-state index in [1.807, 2.05) is 30.3 Å². The highest BCUT2D eigenvalue weighted by Gasteiger charge is 2.18. The molecule has 0 saturated heterocycles. The lowest BCUT2D eigenvalue weighted by Gasteiger charge is -2.17. The molecule has 1 atom stereocenters. The number of aromatic nitrogens is 1. The highest BCUT2D eigenvalue weighted by Crippen LogP contribution is 2.28. The van der Waals surface area contributed by atoms with Crippen molar-refractivity contribution >= 4 is 48.3 Å². The lowest BCUT2D eigenvalue weighted by atomic mass is 10.0. The van der Waals surface area contributed by atoms with Gasteiger partial charge in [-0.15, -0.1) is 0 Å². The van der Waals surface area contributed by atoms with Crippen molar-refractivity contribution in [2.24, 2.45) is 0 Å². The molecular weight excluding hydrogens is 398 g/mol. The molecule has 0 bridgehead atoms. The number of carbonyl (C=O) groups excluding carboxylic acids is 2. The minimum absolute atomic E-state index is 0.0497. The van der Waals surface area contributed by atoms with Crippen LogP contribution in [0.25, 0.3) is 10.2 Å². The Labute approximate surface area is 166 Å². The molecule has 3 aromatic rings. The van der Waals surface area contributed by atoms with Crippen LogP contribution in [0.3, 0.4) is 0 Å². The SMILES string of the molecule is CC(=O)N[C@@H](CC(=O)Nc1nc2ccc(S(C)(=O)=O)cc2s1)c1ccccc1. The molecule has 2 amide bonds. The van der Waals surface area contributed by atoms with Crippen molar-refractivity contribution in [2.45, 2.75) is 24.3 Å². The van der Waals surface area contributed by atoms with Crippen LogP contribution in [0.2, 0.25) is 0 Å². The molecule has 0 fully saturated rings. The summed E-state index contributed by atoms with van der Waals surface area (Å²) >= 11 is 1.20. The van der Waals surface area contributed by atoms with E-state index in [4.69, 9.17) is 0 Å². The predicted molar refractivity (Wildman–Crippen MR) is 109 cm³/mol. The maximum absolute atomic E-state index is 12.5. The number of benzene rings is 2. The molecule has 9 heteroatoms. The molecule has 0 radical (unpaired) electrons. The molecule has 3 rings (SSSR count). The number of rotatable bonds is 6. The molecule has 0 aliphatic carbocycles. The number of carbonyl (C=O) groups is 2. The predicted octanol–water partition coefficient (Wildman–Crippen LogP) is 2.91. The van der Waals surface area contributed by atoms with Crippen molar-refractivity contribution in [3.05, 3.63) is 54.1 Å². The lowest BCUT2D eigenvalue weighted by Crippen LogP contribution is -2.29. The van der Waals surface area contributed by atoms with Gasteiger partial charge in [-0.25, -0.2) is 13.4 Å². The standard InChI is InChI=1S/C19H19N3O4S2/c1-12(23)20-16(13-6-4-3-5-7-13)11-18(24)22-19-21-15-9-8-14(28(2,25)26)10-17(15)27-19/h3-10,16H,11H2,1-2H3,(H,20,23)(H,21,22,24)/t16-/m0/s1. The van der Waals surface area contributed by atoms with Crippen molar-refractivity contribution in [3.63, 3.8) is 0 Å². The van der Waals surface area contributed by atoms with Gasteiger partial charge in [0.2, 0.25) is 11.8 Å². The van der Waals surface area contributed by atoms with E-state index in [2.05, 4.69) is 15.6 Å². The first-order valence-corrected chi connectivity index (χ1v) is 11.2. The van der Waals surface area contributed by atoms with Gasteiger partial charge in [-0.3, -0.25) is 9.59 Å². The summed E-state index contributed by atoms with van der Waals surface area (Å²) in [5, 5.41) is 5.89. The van der Waals surface area contributed by atoms with Crippen molar-refractivity contribution in [1.29, 1.82) is 0 Å². The minimum atomic E-state index is -3.31. The van der Waals surface area contributed by atoms with E-state index in [1.54, 1.807) is 12.1 Å². The van der Waals surface area contributed by atoms with Gasteiger partial charge in [-0.05, 0) is 23.8 Å². The number of nitrogens with zero attached hydrogens (tertiary/aromatic N) is 1. The largest absolute Gasteiger partial charge is 0.349 e. The zero-order chi connectivity index (χ0) is 20.3. The second-order valence-corrected chi connectivity index (χ2v) is 9.38. The summed E-state index contributed by atoms with van der Waals surface area (Å²) < 4.78 is 24.0. The molecule has 2 aromatic carbocycles. The van der Waals surface area contributed by atoms with Gasteiger partial charge in [-0.1, -0.05) is 41.7 Å². The van der Waals surface area contributed by atoms with Gasteiger partial charge in [-0.2, -0.15) is 0 Å². The van der Waals surface area contributed by atoms with Gasteiger partial charge in [0.05, 0.1) is 27.6 Å². The molecule has 0 spiro atoms. The summed E-state index contributed by atoms with van der Waals surface area (Å²) in [4.78, 5) is 28.5. The topological polar surface area (TPSA) is 105 Å². The fraction of sp³-hybridized carbons (Fsp3) is 0.211. The van der Waals surface area contributed by atoms with Crippen LogP contribution in [-0.2, 0) is 19.4 Å². The molecule has 7 nitrogen and oxygen atoms in total. The van der Waals surface area contributed by atoms with E-state index >= 15 is 0 Å². The maximum atomic E-state index is 12.5. The highest BCUT2D eigenvalue weighted by atomic mass is 32.2. The average Bonchev–Trinajstić information content (AvgIpc) is 3.02. The Hall–Kier alpha value is -2.78. The van der Waals surface area contributed by atoms with Gasteiger partial charge in [0.1, 0.15) is 0 Å². The van der Waals surface area contributed by atoms with Crippen molar-refractivity contribution in [2.75, 3.05) is 11.6 Å². The van der Waals surface area contributed by atoms with E-state index in [0.717, 1.165) is 11.8 Å². The fourth-order valence-electron chi connectivity index (χ4n) is 2.73. The van der Waals surface area contributed by atoms with Gasteiger partial charge >= 0.3 is 0 Å². The molecular formula is C19H19N3O4S2. The van der Waals surface area contributed by atoms with E-state index < -0.39 is 15.9 Å². The van der Waals surface area contributed by atoms with Crippen LogP contribution in [0.5, 0.6) is 0 Å². The summed E-state index contributed by atoms with van der Waals surface area (Å²) in [6.45, 7) is 1.40. The fourth-order valence-corrected chi connectivity index (χ4v) is 4.37. The quantitative estimate of drug-likeness (QED) is 0.642. The summed E-state index contributed by atoms with van der Waals surface area (Å²) in [6, 6.07) is 13.4. The van der Waals surface area contributed by atoms with E-state index in [1.165, 1.54) is 24.3 Å². The van der Waals surface area contributed by atoms with Gasteiger partial charge in [0.15, 0.2) is 15.0 Å². The Morgan fingerprint density at radius 3 is 2.50 bits per heavy atom. The highest BCUT2D eigenvalue weighted by molar-refractivity contribution is 7.90. The van der Waals surface area contributed by atoms with Crippen LogP contribution in [0.4, 0.5) is 5.13 Å². The van der Waals surface area contributed by atoms with Crippen LogP contribution < -0.4 is 10.6 Å². The van der Waals surface area contributed by atoms with E-state index in [-0.39, 0.29) is 23.1 Å². The number of anilines is 1. The van der Waals surface area contributed by atoms with E-state index in [0.29, 0.717) is 15.3 Å². The van der Waals surface area contributed by atoms with Crippen molar-refractivity contribution in [3.8, 4) is 0 Å². The Morgan fingerprint density at radius 1 is 1.14 bits per heavy atom. The van der Waals surface area contributed by atoms with Gasteiger partial charge < -0.3 is 10.6 Å². The molecule has 0 aliphatic heterocycles. The second-order valence-electron chi connectivity index (χ2n) is 6.34. The van der Waals surface area contributed by atoms with Crippen molar-refractivity contribution in [1.82, 2.24) is 10.3 Å². The zero-order valence-electron chi connectivity index (χ0n) is 15.3. The van der Waals surface area contributed by atoms with Crippen LogP contribution in [0.1, 0.15) is 24.9 Å². The number of amides is 2. The second kappa shape index (κ2) is 8.07. The first-order valence-electron chi connectivity index (χ1n) is 8.45. The molecule has 1 heterocycles. The molecule has 1 aromatic heterocycles.